The summed E-state index contributed by atoms with van der Waals surface area (Å²) in [5.41, 5.74) is 2.97. The van der Waals surface area contributed by atoms with E-state index in [1.165, 1.54) is 12.8 Å². The molecule has 8 heteroatoms. The van der Waals surface area contributed by atoms with E-state index in [0.717, 1.165) is 60.4 Å². The Morgan fingerprint density at radius 3 is 2.27 bits per heavy atom. The molecule has 0 bridgehead atoms. The van der Waals surface area contributed by atoms with Crippen molar-refractivity contribution in [3.05, 3.63) is 35.9 Å². The van der Waals surface area contributed by atoms with Gasteiger partial charge in [0, 0.05) is 63.2 Å². The van der Waals surface area contributed by atoms with E-state index < -0.39 is 0 Å². The molecule has 8 nitrogen and oxygen atoms in total. The first-order chi connectivity index (χ1) is 14.5. The van der Waals surface area contributed by atoms with Gasteiger partial charge in [-0.25, -0.2) is 15.0 Å². The second kappa shape index (κ2) is 7.41. The molecule has 1 aliphatic carbocycles. The summed E-state index contributed by atoms with van der Waals surface area (Å²) in [5.74, 6) is 3.19. The molecule has 4 heterocycles. The Hall–Kier alpha value is -2.90. The minimum absolute atomic E-state index is 0.511. The number of piperidine rings is 1. The molecular weight excluding hydrogens is 376 g/mol. The van der Waals surface area contributed by atoms with Gasteiger partial charge in [0.05, 0.1) is 5.69 Å². The van der Waals surface area contributed by atoms with Crippen molar-refractivity contribution in [2.75, 3.05) is 41.9 Å². The molecule has 1 saturated heterocycles. The molecule has 0 atom stereocenters. The smallest absolute Gasteiger partial charge is 0.157 e. The van der Waals surface area contributed by atoms with Crippen molar-refractivity contribution in [3.8, 4) is 0 Å². The summed E-state index contributed by atoms with van der Waals surface area (Å²) in [7, 11) is 4.06. The van der Waals surface area contributed by atoms with Crippen LogP contribution in [0.15, 0.2) is 24.5 Å². The molecule has 0 aromatic carbocycles. The van der Waals surface area contributed by atoms with Gasteiger partial charge in [0.15, 0.2) is 5.65 Å². The lowest BCUT2D eigenvalue weighted by Crippen LogP contribution is -2.47. The fourth-order valence-corrected chi connectivity index (χ4v) is 4.54. The van der Waals surface area contributed by atoms with Gasteiger partial charge >= 0.3 is 0 Å². The third-order valence-corrected chi connectivity index (χ3v) is 6.14. The largest absolute Gasteiger partial charge is 0.363 e. The van der Waals surface area contributed by atoms with E-state index in [0.29, 0.717) is 12.1 Å². The van der Waals surface area contributed by atoms with E-state index in [9.17, 15) is 0 Å². The summed E-state index contributed by atoms with van der Waals surface area (Å²) < 4.78 is 2.00. The number of anilines is 3. The summed E-state index contributed by atoms with van der Waals surface area (Å²) in [6.07, 6.45) is 6.45. The van der Waals surface area contributed by atoms with Crippen LogP contribution in [0.3, 0.4) is 0 Å². The SMILES string of the molecule is Cc1cc(N2CCC(N(c3cc(N(C)C)ncn3)C3CC3)CC2)n2nc(C)cc2n1. The van der Waals surface area contributed by atoms with Gasteiger partial charge in [0.1, 0.15) is 23.8 Å². The highest BCUT2D eigenvalue weighted by Crippen LogP contribution is 2.36. The van der Waals surface area contributed by atoms with Crippen molar-refractivity contribution < 1.29 is 0 Å². The van der Waals surface area contributed by atoms with Gasteiger partial charge in [-0.3, -0.25) is 0 Å². The van der Waals surface area contributed by atoms with Crippen LogP contribution in [0, 0.1) is 13.8 Å². The molecule has 1 saturated carbocycles. The topological polar surface area (TPSA) is 65.7 Å². The maximum Gasteiger partial charge on any atom is 0.157 e. The van der Waals surface area contributed by atoms with E-state index in [1.807, 2.05) is 30.4 Å². The molecule has 158 valence electrons. The van der Waals surface area contributed by atoms with Crippen LogP contribution in [0.25, 0.3) is 5.65 Å². The molecule has 1 aliphatic heterocycles. The Bertz CT molecular complexity index is 1050. The van der Waals surface area contributed by atoms with E-state index in [-0.39, 0.29) is 0 Å². The zero-order valence-corrected chi connectivity index (χ0v) is 18.3. The highest BCUT2D eigenvalue weighted by molar-refractivity contribution is 5.54. The zero-order valence-electron chi connectivity index (χ0n) is 18.3. The average molecular weight is 407 g/mol. The van der Waals surface area contributed by atoms with Crippen LogP contribution in [0.4, 0.5) is 17.5 Å². The normalized spacial score (nSPS) is 17.5. The number of fused-ring (bicyclic) bond motifs is 1. The van der Waals surface area contributed by atoms with E-state index in [4.69, 9.17) is 0 Å². The van der Waals surface area contributed by atoms with Gasteiger partial charge in [-0.1, -0.05) is 0 Å². The number of rotatable bonds is 5. The lowest BCUT2D eigenvalue weighted by Gasteiger charge is -2.40. The van der Waals surface area contributed by atoms with E-state index >= 15 is 0 Å². The van der Waals surface area contributed by atoms with Crippen molar-refractivity contribution in [2.45, 2.75) is 51.6 Å². The Morgan fingerprint density at radius 2 is 1.57 bits per heavy atom. The maximum absolute atomic E-state index is 4.68. The molecule has 5 rings (SSSR count). The number of aryl methyl sites for hydroxylation is 2. The van der Waals surface area contributed by atoms with Gasteiger partial charge in [0.25, 0.3) is 0 Å². The molecular formula is C22H30N8. The third kappa shape index (κ3) is 3.55. The van der Waals surface area contributed by atoms with Crippen molar-refractivity contribution >= 4 is 23.1 Å². The molecule has 3 aromatic heterocycles. The zero-order chi connectivity index (χ0) is 20.8. The minimum atomic E-state index is 0.511. The van der Waals surface area contributed by atoms with Gasteiger partial charge in [-0.15, -0.1) is 0 Å². The molecule has 0 radical (unpaired) electrons. The molecule has 0 unspecified atom stereocenters. The second-order valence-electron chi connectivity index (χ2n) is 8.80. The van der Waals surface area contributed by atoms with Gasteiger partial charge in [0.2, 0.25) is 0 Å². The first-order valence-electron chi connectivity index (χ1n) is 10.9. The standard InChI is InChI=1S/C22H30N8/c1-15-12-22(30-21(25-15)11-16(2)26-30)28-9-7-18(8-10-28)29(17-5-6-17)20-13-19(27(3)4)23-14-24-20/h11-14,17-18H,5-10H2,1-4H3. The van der Waals surface area contributed by atoms with Gasteiger partial charge in [-0.2, -0.15) is 9.61 Å². The first kappa shape index (κ1) is 19.1. The summed E-state index contributed by atoms with van der Waals surface area (Å²) >= 11 is 0. The number of aromatic nitrogens is 5. The van der Waals surface area contributed by atoms with E-state index in [1.54, 1.807) is 6.33 Å². The molecule has 0 spiro atoms. The molecule has 0 N–H and O–H groups in total. The Balaban J connectivity index is 1.37. The monoisotopic (exact) mass is 406 g/mol. The number of hydrogen-bond acceptors (Lipinski definition) is 7. The van der Waals surface area contributed by atoms with Crippen LogP contribution in [0.1, 0.15) is 37.1 Å². The summed E-state index contributed by atoms with van der Waals surface area (Å²) in [6.45, 7) is 6.11. The van der Waals surface area contributed by atoms with Crippen molar-refractivity contribution in [1.29, 1.82) is 0 Å². The Morgan fingerprint density at radius 1 is 0.867 bits per heavy atom. The van der Waals surface area contributed by atoms with Crippen molar-refractivity contribution in [1.82, 2.24) is 24.6 Å². The Kier molecular flexibility index (Phi) is 4.72. The van der Waals surface area contributed by atoms with Crippen molar-refractivity contribution in [3.63, 3.8) is 0 Å². The van der Waals surface area contributed by atoms with Crippen LogP contribution >= 0.6 is 0 Å². The molecule has 2 aliphatic rings. The first-order valence-corrected chi connectivity index (χ1v) is 10.9. The van der Waals surface area contributed by atoms with Crippen LogP contribution in [0.2, 0.25) is 0 Å². The van der Waals surface area contributed by atoms with Gasteiger partial charge < -0.3 is 14.7 Å². The fourth-order valence-electron chi connectivity index (χ4n) is 4.54. The summed E-state index contributed by atoms with van der Waals surface area (Å²) in [6, 6.07) is 7.47. The van der Waals surface area contributed by atoms with Crippen LogP contribution in [-0.2, 0) is 0 Å². The Labute approximate surface area is 177 Å². The molecule has 0 amide bonds. The minimum Gasteiger partial charge on any atom is -0.363 e. The van der Waals surface area contributed by atoms with Crippen molar-refractivity contribution in [2.24, 2.45) is 0 Å². The highest BCUT2D eigenvalue weighted by atomic mass is 15.4. The fraction of sp³-hybridized carbons (Fsp3) is 0.545. The number of hydrogen-bond donors (Lipinski definition) is 0. The second-order valence-corrected chi connectivity index (χ2v) is 8.80. The van der Waals surface area contributed by atoms with Crippen LogP contribution in [0.5, 0.6) is 0 Å². The van der Waals surface area contributed by atoms with Crippen LogP contribution in [-0.4, -0.2) is 63.8 Å². The number of nitrogens with zero attached hydrogens (tertiary/aromatic N) is 8. The molecule has 30 heavy (non-hydrogen) atoms. The average Bonchev–Trinajstić information content (AvgIpc) is 3.49. The summed E-state index contributed by atoms with van der Waals surface area (Å²) in [5, 5.41) is 4.68. The molecule has 3 aromatic rings. The van der Waals surface area contributed by atoms with E-state index in [2.05, 4.69) is 55.0 Å². The maximum atomic E-state index is 4.68. The predicted molar refractivity (Wildman–Crippen MR) is 120 cm³/mol. The lowest BCUT2D eigenvalue weighted by atomic mass is 10.0. The summed E-state index contributed by atoms with van der Waals surface area (Å²) in [4.78, 5) is 20.8. The van der Waals surface area contributed by atoms with Gasteiger partial charge in [-0.05, 0) is 39.5 Å². The molecule has 2 fully saturated rings. The highest BCUT2D eigenvalue weighted by Gasteiger charge is 2.37. The third-order valence-electron chi connectivity index (χ3n) is 6.14. The van der Waals surface area contributed by atoms with Crippen LogP contribution < -0.4 is 14.7 Å². The predicted octanol–water partition coefficient (Wildman–Crippen LogP) is 2.84. The lowest BCUT2D eigenvalue weighted by molar-refractivity contribution is 0.455. The quantitative estimate of drug-likeness (QED) is 0.645.